The molecule has 2 heterocycles. The Morgan fingerprint density at radius 2 is 1.96 bits per heavy atom. The highest BCUT2D eigenvalue weighted by Gasteiger charge is 2.33. The van der Waals surface area contributed by atoms with Crippen molar-refractivity contribution < 1.29 is 14.3 Å². The largest absolute Gasteiger partial charge is 0.480 e. The molecule has 136 valence electrons. The van der Waals surface area contributed by atoms with Gasteiger partial charge < -0.3 is 15.0 Å². The smallest absolute Gasteiger partial charge is 0.264 e. The third-order valence-electron chi connectivity index (χ3n) is 4.83. The van der Waals surface area contributed by atoms with Crippen LogP contribution in [0.25, 0.3) is 0 Å². The SMILES string of the molecule is CCCCNC(=O)CN1CCN(C(=O)C2Cc3ccccc3O2)CC1. The van der Waals surface area contributed by atoms with Crippen molar-refractivity contribution in [2.24, 2.45) is 0 Å². The zero-order chi connectivity index (χ0) is 17.6. The summed E-state index contributed by atoms with van der Waals surface area (Å²) in [6, 6.07) is 7.82. The van der Waals surface area contributed by atoms with Crippen molar-refractivity contribution in [3.63, 3.8) is 0 Å². The predicted molar refractivity (Wildman–Crippen MR) is 95.5 cm³/mol. The van der Waals surface area contributed by atoms with Gasteiger partial charge in [0.05, 0.1) is 6.54 Å². The first-order valence-corrected chi connectivity index (χ1v) is 9.19. The van der Waals surface area contributed by atoms with E-state index in [2.05, 4.69) is 17.1 Å². The number of amides is 2. The monoisotopic (exact) mass is 345 g/mol. The summed E-state index contributed by atoms with van der Waals surface area (Å²) >= 11 is 0. The van der Waals surface area contributed by atoms with Crippen molar-refractivity contribution in [2.75, 3.05) is 39.3 Å². The summed E-state index contributed by atoms with van der Waals surface area (Å²) in [5.41, 5.74) is 1.10. The van der Waals surface area contributed by atoms with Crippen LogP contribution in [0.3, 0.4) is 0 Å². The number of hydrogen-bond acceptors (Lipinski definition) is 4. The second kappa shape index (κ2) is 8.34. The minimum atomic E-state index is -0.402. The lowest BCUT2D eigenvalue weighted by Crippen LogP contribution is -2.53. The van der Waals surface area contributed by atoms with Crippen molar-refractivity contribution in [1.82, 2.24) is 15.1 Å². The lowest BCUT2D eigenvalue weighted by atomic mass is 10.1. The molecule has 1 unspecified atom stereocenters. The van der Waals surface area contributed by atoms with E-state index in [1.807, 2.05) is 29.2 Å². The summed E-state index contributed by atoms with van der Waals surface area (Å²) in [5.74, 6) is 0.953. The van der Waals surface area contributed by atoms with Gasteiger partial charge in [0, 0.05) is 39.1 Å². The lowest BCUT2D eigenvalue weighted by Gasteiger charge is -2.35. The normalized spacial score (nSPS) is 20.0. The molecular weight excluding hydrogens is 318 g/mol. The van der Waals surface area contributed by atoms with Gasteiger partial charge in [0.15, 0.2) is 6.10 Å². The topological polar surface area (TPSA) is 61.9 Å². The molecule has 1 atom stereocenters. The van der Waals surface area contributed by atoms with Gasteiger partial charge in [-0.15, -0.1) is 0 Å². The molecule has 2 aliphatic rings. The number of para-hydroxylation sites is 1. The van der Waals surface area contributed by atoms with Crippen LogP contribution in [0.15, 0.2) is 24.3 Å². The number of unbranched alkanes of at least 4 members (excludes halogenated alkanes) is 1. The van der Waals surface area contributed by atoms with Gasteiger partial charge in [-0.1, -0.05) is 31.5 Å². The Kier molecular flexibility index (Phi) is 5.91. The van der Waals surface area contributed by atoms with Gasteiger partial charge in [-0.25, -0.2) is 0 Å². The maximum absolute atomic E-state index is 12.7. The molecule has 1 saturated heterocycles. The number of nitrogens with zero attached hydrogens (tertiary/aromatic N) is 2. The Labute approximate surface area is 149 Å². The summed E-state index contributed by atoms with van der Waals surface area (Å²) in [6.07, 6.45) is 2.34. The lowest BCUT2D eigenvalue weighted by molar-refractivity contribution is -0.139. The molecule has 25 heavy (non-hydrogen) atoms. The number of ether oxygens (including phenoxy) is 1. The summed E-state index contributed by atoms with van der Waals surface area (Å²) in [5, 5.41) is 2.94. The van der Waals surface area contributed by atoms with Crippen LogP contribution < -0.4 is 10.1 Å². The minimum Gasteiger partial charge on any atom is -0.480 e. The first kappa shape index (κ1) is 17.7. The molecule has 6 nitrogen and oxygen atoms in total. The van der Waals surface area contributed by atoms with E-state index in [0.717, 1.165) is 43.8 Å². The zero-order valence-corrected chi connectivity index (χ0v) is 14.9. The fourth-order valence-corrected chi connectivity index (χ4v) is 3.31. The summed E-state index contributed by atoms with van der Waals surface area (Å²) in [4.78, 5) is 28.5. The van der Waals surface area contributed by atoms with E-state index in [1.54, 1.807) is 0 Å². The highest BCUT2D eigenvalue weighted by molar-refractivity contribution is 5.83. The number of rotatable bonds is 6. The van der Waals surface area contributed by atoms with Crippen LogP contribution in [0.1, 0.15) is 25.3 Å². The average molecular weight is 345 g/mol. The minimum absolute atomic E-state index is 0.0586. The van der Waals surface area contributed by atoms with Gasteiger partial charge in [0.2, 0.25) is 5.91 Å². The fourth-order valence-electron chi connectivity index (χ4n) is 3.31. The van der Waals surface area contributed by atoms with Crippen molar-refractivity contribution >= 4 is 11.8 Å². The molecule has 0 radical (unpaired) electrons. The number of benzene rings is 1. The number of carbonyl (C=O) groups is 2. The predicted octanol–water partition coefficient (Wildman–Crippen LogP) is 1.05. The average Bonchev–Trinajstić information content (AvgIpc) is 3.06. The standard InChI is InChI=1S/C19H27N3O3/c1-2-3-8-20-18(23)14-21-9-11-22(12-10-21)19(24)17-13-15-6-4-5-7-16(15)25-17/h4-7,17H,2-3,8-14H2,1H3,(H,20,23). The summed E-state index contributed by atoms with van der Waals surface area (Å²) in [7, 11) is 0. The van der Waals surface area contributed by atoms with Crippen LogP contribution in [0.2, 0.25) is 0 Å². The maximum Gasteiger partial charge on any atom is 0.264 e. The van der Waals surface area contributed by atoms with E-state index in [4.69, 9.17) is 4.74 Å². The van der Waals surface area contributed by atoms with Gasteiger partial charge in [-0.05, 0) is 18.1 Å². The Hall–Kier alpha value is -2.08. The molecule has 3 rings (SSSR count). The molecule has 1 aromatic rings. The van der Waals surface area contributed by atoms with E-state index in [-0.39, 0.29) is 11.8 Å². The molecule has 0 bridgehead atoms. The van der Waals surface area contributed by atoms with E-state index >= 15 is 0 Å². The van der Waals surface area contributed by atoms with E-state index in [1.165, 1.54) is 0 Å². The van der Waals surface area contributed by atoms with E-state index in [0.29, 0.717) is 26.1 Å². The molecule has 1 N–H and O–H groups in total. The van der Waals surface area contributed by atoms with Crippen LogP contribution in [-0.2, 0) is 16.0 Å². The quantitative estimate of drug-likeness (QED) is 0.783. The van der Waals surface area contributed by atoms with Crippen LogP contribution in [0.5, 0.6) is 5.75 Å². The van der Waals surface area contributed by atoms with Crippen molar-refractivity contribution in [1.29, 1.82) is 0 Å². The highest BCUT2D eigenvalue weighted by Crippen LogP contribution is 2.29. The van der Waals surface area contributed by atoms with Gasteiger partial charge in [0.1, 0.15) is 5.75 Å². The summed E-state index contributed by atoms with van der Waals surface area (Å²) < 4.78 is 5.80. The van der Waals surface area contributed by atoms with Crippen molar-refractivity contribution in [3.05, 3.63) is 29.8 Å². The van der Waals surface area contributed by atoms with Crippen molar-refractivity contribution in [2.45, 2.75) is 32.3 Å². The number of nitrogens with one attached hydrogen (secondary N) is 1. The number of hydrogen-bond donors (Lipinski definition) is 1. The third-order valence-corrected chi connectivity index (χ3v) is 4.83. The highest BCUT2D eigenvalue weighted by atomic mass is 16.5. The third kappa shape index (κ3) is 4.51. The van der Waals surface area contributed by atoms with Crippen molar-refractivity contribution in [3.8, 4) is 5.75 Å². The van der Waals surface area contributed by atoms with Crippen LogP contribution in [0.4, 0.5) is 0 Å². The molecule has 2 aliphatic heterocycles. The number of fused-ring (bicyclic) bond motifs is 1. The van der Waals surface area contributed by atoms with Gasteiger partial charge in [-0.2, -0.15) is 0 Å². The fraction of sp³-hybridized carbons (Fsp3) is 0.579. The second-order valence-electron chi connectivity index (χ2n) is 6.72. The molecule has 1 aromatic carbocycles. The van der Waals surface area contributed by atoms with E-state index in [9.17, 15) is 9.59 Å². The van der Waals surface area contributed by atoms with E-state index < -0.39 is 6.10 Å². The molecule has 0 saturated carbocycles. The Morgan fingerprint density at radius 3 is 2.68 bits per heavy atom. The molecule has 0 spiro atoms. The zero-order valence-electron chi connectivity index (χ0n) is 14.9. The van der Waals surface area contributed by atoms with Crippen LogP contribution in [0, 0.1) is 0 Å². The van der Waals surface area contributed by atoms with Gasteiger partial charge in [-0.3, -0.25) is 14.5 Å². The molecule has 0 aliphatic carbocycles. The van der Waals surface area contributed by atoms with Crippen LogP contribution in [-0.4, -0.2) is 67.0 Å². The Bertz CT molecular complexity index is 587. The summed E-state index contributed by atoms with van der Waals surface area (Å²) in [6.45, 7) is 6.02. The van der Waals surface area contributed by atoms with Gasteiger partial charge >= 0.3 is 0 Å². The second-order valence-corrected chi connectivity index (χ2v) is 6.72. The first-order valence-electron chi connectivity index (χ1n) is 9.19. The molecule has 6 heteroatoms. The molecule has 2 amide bonds. The molecule has 1 fully saturated rings. The molecular formula is C19H27N3O3. The number of carbonyl (C=O) groups excluding carboxylic acids is 2. The first-order chi connectivity index (χ1) is 12.2. The van der Waals surface area contributed by atoms with Crippen LogP contribution >= 0.6 is 0 Å². The van der Waals surface area contributed by atoms with Gasteiger partial charge in [0.25, 0.3) is 5.91 Å². The Morgan fingerprint density at radius 1 is 1.20 bits per heavy atom. The Balaban J connectivity index is 1.42. The maximum atomic E-state index is 12.7. The molecule has 0 aromatic heterocycles. The number of piperazine rings is 1.